The maximum atomic E-state index is 11.7. The van der Waals surface area contributed by atoms with Crippen molar-refractivity contribution in [2.45, 2.75) is 33.2 Å². The van der Waals surface area contributed by atoms with E-state index in [0.29, 0.717) is 12.2 Å². The van der Waals surface area contributed by atoms with Crippen LogP contribution < -0.4 is 10.1 Å². The van der Waals surface area contributed by atoms with Gasteiger partial charge in [-0.25, -0.2) is 4.79 Å². The molecule has 2 N–H and O–H groups in total. The molecule has 182 valence electrons. The zero-order valence-corrected chi connectivity index (χ0v) is 21.2. The van der Waals surface area contributed by atoms with Crippen LogP contribution in [0.1, 0.15) is 46.9 Å². The number of carboxylic acid groups (broad SMARTS) is 1. The predicted octanol–water partition coefficient (Wildman–Crippen LogP) is 7.23. The number of hydrogen-bond donors (Lipinski definition) is 2. The van der Waals surface area contributed by atoms with Gasteiger partial charge < -0.3 is 15.2 Å². The number of carboxylic acids is 1. The molecule has 0 aromatic heterocycles. The SMILES string of the molecule is CCOc1cccc(CCNC(C)c2cc(-c3ccc(C)c(C(=O)O)c3)c3ccccc3c2)c1.Cl. The molecule has 0 fully saturated rings. The number of carbonyl (C=O) groups is 1. The number of halogens is 1. The second-order valence-electron chi connectivity index (χ2n) is 8.63. The Morgan fingerprint density at radius 1 is 1.00 bits per heavy atom. The van der Waals surface area contributed by atoms with Gasteiger partial charge in [-0.1, -0.05) is 48.5 Å². The molecule has 0 amide bonds. The minimum atomic E-state index is -0.900. The van der Waals surface area contributed by atoms with E-state index in [-0.39, 0.29) is 18.4 Å². The number of aromatic carboxylic acids is 1. The second-order valence-corrected chi connectivity index (χ2v) is 8.63. The Morgan fingerprint density at radius 2 is 1.80 bits per heavy atom. The quantitative estimate of drug-likeness (QED) is 0.260. The summed E-state index contributed by atoms with van der Waals surface area (Å²) in [6, 6.07) is 26.7. The fourth-order valence-corrected chi connectivity index (χ4v) is 4.35. The Kier molecular flexibility index (Phi) is 8.91. The maximum absolute atomic E-state index is 11.7. The summed E-state index contributed by atoms with van der Waals surface area (Å²) < 4.78 is 5.61. The van der Waals surface area contributed by atoms with Crippen LogP contribution in [0.15, 0.2) is 78.9 Å². The first-order valence-electron chi connectivity index (χ1n) is 11.8. The molecular weight excluding hydrogens is 458 g/mol. The number of nitrogens with one attached hydrogen (secondary N) is 1. The number of ether oxygens (including phenoxy) is 1. The molecule has 0 saturated heterocycles. The van der Waals surface area contributed by atoms with E-state index in [0.717, 1.165) is 46.2 Å². The summed E-state index contributed by atoms with van der Waals surface area (Å²) in [4.78, 5) is 11.7. The van der Waals surface area contributed by atoms with Gasteiger partial charge in [0.25, 0.3) is 0 Å². The van der Waals surface area contributed by atoms with E-state index in [4.69, 9.17) is 4.74 Å². The Labute approximate surface area is 213 Å². The van der Waals surface area contributed by atoms with Crippen LogP contribution >= 0.6 is 12.4 Å². The summed E-state index contributed by atoms with van der Waals surface area (Å²) in [5.41, 5.74) is 5.49. The van der Waals surface area contributed by atoms with E-state index in [1.54, 1.807) is 6.07 Å². The van der Waals surface area contributed by atoms with Crippen molar-refractivity contribution < 1.29 is 14.6 Å². The lowest BCUT2D eigenvalue weighted by Gasteiger charge is -2.18. The summed E-state index contributed by atoms with van der Waals surface area (Å²) in [6.45, 7) is 7.50. The first-order chi connectivity index (χ1) is 16.5. The average molecular weight is 490 g/mol. The van der Waals surface area contributed by atoms with E-state index >= 15 is 0 Å². The highest BCUT2D eigenvalue weighted by Gasteiger charge is 2.14. The van der Waals surface area contributed by atoms with Crippen LogP contribution in [0.2, 0.25) is 0 Å². The van der Waals surface area contributed by atoms with Gasteiger partial charge >= 0.3 is 5.97 Å². The normalized spacial score (nSPS) is 11.6. The summed E-state index contributed by atoms with van der Waals surface area (Å²) in [7, 11) is 0. The molecule has 0 aliphatic rings. The van der Waals surface area contributed by atoms with E-state index in [1.165, 1.54) is 11.1 Å². The highest BCUT2D eigenvalue weighted by Crippen LogP contribution is 2.33. The number of fused-ring (bicyclic) bond motifs is 1. The van der Waals surface area contributed by atoms with Crippen LogP contribution in [0.25, 0.3) is 21.9 Å². The fraction of sp³-hybridized carbons (Fsp3) is 0.233. The third-order valence-corrected chi connectivity index (χ3v) is 6.24. The van der Waals surface area contributed by atoms with Gasteiger partial charge in [-0.2, -0.15) is 0 Å². The zero-order chi connectivity index (χ0) is 24.1. The number of hydrogen-bond acceptors (Lipinski definition) is 3. The van der Waals surface area contributed by atoms with Crippen molar-refractivity contribution >= 4 is 29.1 Å². The van der Waals surface area contributed by atoms with Crippen LogP contribution in [0, 0.1) is 6.92 Å². The van der Waals surface area contributed by atoms with Crippen molar-refractivity contribution in [3.05, 3.63) is 101 Å². The van der Waals surface area contributed by atoms with Gasteiger partial charge in [-0.15, -0.1) is 12.4 Å². The van der Waals surface area contributed by atoms with Gasteiger partial charge in [0.05, 0.1) is 12.2 Å². The lowest BCUT2D eigenvalue weighted by molar-refractivity contribution is 0.0696. The average Bonchev–Trinajstić information content (AvgIpc) is 2.84. The minimum absolute atomic E-state index is 0. The van der Waals surface area contributed by atoms with E-state index < -0.39 is 5.97 Å². The molecule has 5 heteroatoms. The lowest BCUT2D eigenvalue weighted by atomic mass is 9.92. The fourth-order valence-electron chi connectivity index (χ4n) is 4.35. The molecule has 0 aliphatic heterocycles. The third kappa shape index (κ3) is 6.21. The molecule has 1 atom stereocenters. The summed E-state index contributed by atoms with van der Waals surface area (Å²) in [5.74, 6) is 0.00861. The first-order valence-corrected chi connectivity index (χ1v) is 11.8. The number of aryl methyl sites for hydroxylation is 1. The van der Waals surface area contributed by atoms with Gasteiger partial charge in [0.2, 0.25) is 0 Å². The topological polar surface area (TPSA) is 58.6 Å². The molecule has 4 nitrogen and oxygen atoms in total. The van der Waals surface area contributed by atoms with Crippen molar-refractivity contribution in [2.24, 2.45) is 0 Å². The largest absolute Gasteiger partial charge is 0.494 e. The molecule has 0 bridgehead atoms. The molecule has 4 aromatic carbocycles. The maximum Gasteiger partial charge on any atom is 0.335 e. The number of benzene rings is 4. The highest BCUT2D eigenvalue weighted by atomic mass is 35.5. The summed E-state index contributed by atoms with van der Waals surface area (Å²) in [6.07, 6.45) is 0.908. The van der Waals surface area contributed by atoms with Crippen molar-refractivity contribution in [3.8, 4) is 16.9 Å². The lowest BCUT2D eigenvalue weighted by Crippen LogP contribution is -2.21. The van der Waals surface area contributed by atoms with Crippen molar-refractivity contribution in [1.82, 2.24) is 5.32 Å². The molecular formula is C30H32ClNO3. The Bertz CT molecular complexity index is 1320. The Hall–Kier alpha value is -3.34. The Morgan fingerprint density at radius 3 is 2.57 bits per heavy atom. The molecule has 0 radical (unpaired) electrons. The van der Waals surface area contributed by atoms with Gasteiger partial charge in [-0.05, 0) is 103 Å². The monoisotopic (exact) mass is 489 g/mol. The number of rotatable bonds is 9. The smallest absolute Gasteiger partial charge is 0.335 e. The minimum Gasteiger partial charge on any atom is -0.494 e. The van der Waals surface area contributed by atoms with E-state index in [1.807, 2.05) is 50.2 Å². The van der Waals surface area contributed by atoms with Crippen LogP contribution in [0.4, 0.5) is 0 Å². The molecule has 0 heterocycles. The molecule has 1 unspecified atom stereocenters. The van der Waals surface area contributed by atoms with Gasteiger partial charge in [-0.3, -0.25) is 0 Å². The molecule has 4 aromatic rings. The molecule has 35 heavy (non-hydrogen) atoms. The first kappa shape index (κ1) is 26.3. The van der Waals surface area contributed by atoms with Crippen molar-refractivity contribution in [3.63, 3.8) is 0 Å². The van der Waals surface area contributed by atoms with E-state index in [2.05, 4.69) is 48.6 Å². The van der Waals surface area contributed by atoms with Crippen LogP contribution in [-0.2, 0) is 6.42 Å². The van der Waals surface area contributed by atoms with Crippen LogP contribution in [-0.4, -0.2) is 24.2 Å². The van der Waals surface area contributed by atoms with Crippen molar-refractivity contribution in [2.75, 3.05) is 13.2 Å². The van der Waals surface area contributed by atoms with Gasteiger partial charge in [0, 0.05) is 6.04 Å². The van der Waals surface area contributed by atoms with Crippen LogP contribution in [0.3, 0.4) is 0 Å². The molecule has 4 rings (SSSR count). The molecule has 0 spiro atoms. The van der Waals surface area contributed by atoms with Gasteiger partial charge in [0.15, 0.2) is 0 Å². The van der Waals surface area contributed by atoms with Crippen molar-refractivity contribution in [1.29, 1.82) is 0 Å². The standard InChI is InChI=1S/C30H31NO3.ClH/c1-4-34-26-10-7-8-22(16-26)14-15-31-21(3)25-17-23-9-5-6-11-27(23)29(19-25)24-13-12-20(2)28(18-24)30(32)33;/h5-13,16-19,21,31H,4,14-15H2,1-3H3,(H,32,33);1H. The molecule has 0 aliphatic carbocycles. The predicted molar refractivity (Wildman–Crippen MR) is 146 cm³/mol. The molecule has 0 saturated carbocycles. The summed E-state index contributed by atoms with van der Waals surface area (Å²) in [5, 5.41) is 15.5. The highest BCUT2D eigenvalue weighted by molar-refractivity contribution is 5.99. The van der Waals surface area contributed by atoms with Crippen LogP contribution in [0.5, 0.6) is 5.75 Å². The summed E-state index contributed by atoms with van der Waals surface area (Å²) >= 11 is 0. The Balaban J connectivity index is 0.00000342. The third-order valence-electron chi connectivity index (χ3n) is 6.24. The van der Waals surface area contributed by atoms with Gasteiger partial charge in [0.1, 0.15) is 5.75 Å². The second kappa shape index (κ2) is 11.9. The zero-order valence-electron chi connectivity index (χ0n) is 20.4. The van der Waals surface area contributed by atoms with E-state index in [9.17, 15) is 9.90 Å².